The lowest BCUT2D eigenvalue weighted by atomic mass is 10.0. The molecule has 0 amide bonds. The van der Waals surface area contributed by atoms with Crippen molar-refractivity contribution in [2.75, 3.05) is 25.9 Å². The van der Waals surface area contributed by atoms with Gasteiger partial charge < -0.3 is 10.5 Å². The number of hydrogen-bond acceptors (Lipinski definition) is 3. The van der Waals surface area contributed by atoms with E-state index in [4.69, 9.17) is 10.5 Å². The Bertz CT molecular complexity index is 661. The molecule has 2 N–H and O–H groups in total. The van der Waals surface area contributed by atoms with Crippen LogP contribution in [0.25, 0.3) is 0 Å². The van der Waals surface area contributed by atoms with E-state index < -0.39 is 0 Å². The first-order valence-corrected chi connectivity index (χ1v) is 8.40. The Morgan fingerprint density at radius 1 is 1.08 bits per heavy atom. The number of benzene rings is 2. The number of nitrogens with zero attached hydrogens (tertiary/aromatic N) is 1. The molecule has 25 heavy (non-hydrogen) atoms. The molecule has 0 aliphatic carbocycles. The third kappa shape index (κ3) is 5.53. The van der Waals surface area contributed by atoms with Crippen molar-refractivity contribution in [1.82, 2.24) is 4.90 Å². The monoisotopic (exact) mass is 382 g/mol. The number of hydrogen-bond donors (Lipinski definition) is 1. The number of nitrogen functional groups attached to an aromatic ring is 1. The second-order valence-corrected chi connectivity index (χ2v) is 6.47. The topological polar surface area (TPSA) is 38.5 Å². The van der Waals surface area contributed by atoms with Gasteiger partial charge in [-0.3, -0.25) is 4.90 Å². The number of anilines is 1. The van der Waals surface area contributed by atoms with Gasteiger partial charge in [0, 0.05) is 24.8 Å². The van der Waals surface area contributed by atoms with Gasteiger partial charge in [-0.2, -0.15) is 0 Å². The molecule has 0 saturated heterocycles. The highest BCUT2D eigenvalue weighted by molar-refractivity contribution is 5.85. The number of halogens is 2. The molecule has 0 aromatic heterocycles. The molecule has 0 saturated carbocycles. The third-order valence-electron chi connectivity index (χ3n) is 4.89. The van der Waals surface area contributed by atoms with Crippen LogP contribution in [0.15, 0.2) is 42.5 Å². The molecule has 1 aliphatic heterocycles. The molecule has 3 rings (SSSR count). The van der Waals surface area contributed by atoms with Crippen molar-refractivity contribution in [3.63, 3.8) is 0 Å². The van der Waals surface area contributed by atoms with Crippen LogP contribution in [0, 0.1) is 0 Å². The van der Waals surface area contributed by atoms with Gasteiger partial charge in [0.2, 0.25) is 0 Å². The van der Waals surface area contributed by atoms with Crippen LogP contribution in [0.4, 0.5) is 5.69 Å². The fraction of sp³-hybridized carbons (Fsp3) is 0.400. The lowest BCUT2D eigenvalue weighted by Gasteiger charge is -2.27. The summed E-state index contributed by atoms with van der Waals surface area (Å²) in [6.45, 7) is 4.54. The summed E-state index contributed by atoms with van der Waals surface area (Å²) in [5, 5.41) is 0. The van der Waals surface area contributed by atoms with Gasteiger partial charge in [0.1, 0.15) is 5.75 Å². The molecule has 2 aromatic rings. The summed E-state index contributed by atoms with van der Waals surface area (Å²) in [6, 6.07) is 15.3. The van der Waals surface area contributed by atoms with Crippen molar-refractivity contribution < 1.29 is 4.74 Å². The minimum Gasteiger partial charge on any atom is -0.497 e. The Balaban J connectivity index is 0.00000156. The number of fused-ring (bicyclic) bond motifs is 1. The molecular weight excluding hydrogens is 355 g/mol. The standard InChI is InChI=1S/C20H26N2O.2ClH/c1-15-13-18-14-20(23-2)8-5-17(18)10-12-22(15)11-9-16-3-6-19(21)7-4-16;;/h3-8,14-15H,9-13,21H2,1-2H3;2*1H. The van der Waals surface area contributed by atoms with Gasteiger partial charge in [-0.1, -0.05) is 18.2 Å². The van der Waals surface area contributed by atoms with Crippen molar-refractivity contribution >= 4 is 30.5 Å². The van der Waals surface area contributed by atoms with Crippen molar-refractivity contribution in [2.24, 2.45) is 0 Å². The molecule has 0 fully saturated rings. The molecule has 5 heteroatoms. The Hall–Kier alpha value is -1.42. The molecule has 0 bridgehead atoms. The van der Waals surface area contributed by atoms with Crippen LogP contribution < -0.4 is 10.5 Å². The number of rotatable bonds is 4. The van der Waals surface area contributed by atoms with Gasteiger partial charge in [-0.25, -0.2) is 0 Å². The van der Waals surface area contributed by atoms with Crippen LogP contribution in [0.3, 0.4) is 0 Å². The molecule has 0 spiro atoms. The number of nitrogens with two attached hydrogens (primary N) is 1. The fourth-order valence-electron chi connectivity index (χ4n) is 3.38. The average Bonchev–Trinajstić information content (AvgIpc) is 2.72. The maximum Gasteiger partial charge on any atom is 0.119 e. The zero-order valence-corrected chi connectivity index (χ0v) is 16.5. The predicted octanol–water partition coefficient (Wildman–Crippen LogP) is 4.15. The van der Waals surface area contributed by atoms with Crippen LogP contribution in [0.5, 0.6) is 5.75 Å². The first kappa shape index (κ1) is 21.6. The van der Waals surface area contributed by atoms with Crippen molar-refractivity contribution in [3.8, 4) is 5.75 Å². The van der Waals surface area contributed by atoms with E-state index >= 15 is 0 Å². The SMILES string of the molecule is COc1ccc2c(c1)CC(C)N(CCc1ccc(N)cc1)CC2.Cl.Cl. The van der Waals surface area contributed by atoms with E-state index in [2.05, 4.69) is 42.2 Å². The molecule has 0 radical (unpaired) electrons. The van der Waals surface area contributed by atoms with E-state index in [1.54, 1.807) is 7.11 Å². The van der Waals surface area contributed by atoms with Gasteiger partial charge in [0.25, 0.3) is 0 Å². The first-order chi connectivity index (χ1) is 11.2. The van der Waals surface area contributed by atoms with Crippen molar-refractivity contribution in [1.29, 1.82) is 0 Å². The third-order valence-corrected chi connectivity index (χ3v) is 4.89. The van der Waals surface area contributed by atoms with Crippen LogP contribution in [0.1, 0.15) is 23.6 Å². The Labute approximate surface area is 163 Å². The number of methoxy groups -OCH3 is 1. The maximum atomic E-state index is 5.76. The lowest BCUT2D eigenvalue weighted by Crippen LogP contribution is -2.36. The summed E-state index contributed by atoms with van der Waals surface area (Å²) in [6.07, 6.45) is 3.28. The van der Waals surface area contributed by atoms with E-state index in [0.717, 1.165) is 43.8 Å². The van der Waals surface area contributed by atoms with E-state index in [0.29, 0.717) is 6.04 Å². The summed E-state index contributed by atoms with van der Waals surface area (Å²) in [5.74, 6) is 0.964. The zero-order valence-electron chi connectivity index (χ0n) is 14.9. The minimum atomic E-state index is 0. The van der Waals surface area contributed by atoms with Crippen molar-refractivity contribution in [2.45, 2.75) is 32.2 Å². The summed E-state index contributed by atoms with van der Waals surface area (Å²) in [5.41, 5.74) is 10.9. The Morgan fingerprint density at radius 3 is 2.48 bits per heavy atom. The highest BCUT2D eigenvalue weighted by Crippen LogP contribution is 2.24. The van der Waals surface area contributed by atoms with Crippen LogP contribution in [-0.4, -0.2) is 31.1 Å². The second kappa shape index (κ2) is 9.91. The van der Waals surface area contributed by atoms with Gasteiger partial charge in [-0.15, -0.1) is 24.8 Å². The van der Waals surface area contributed by atoms with E-state index in [9.17, 15) is 0 Å². The van der Waals surface area contributed by atoms with Crippen LogP contribution in [-0.2, 0) is 19.3 Å². The van der Waals surface area contributed by atoms with Gasteiger partial charge in [0.05, 0.1) is 7.11 Å². The molecule has 1 heterocycles. The molecule has 1 unspecified atom stereocenters. The molecule has 138 valence electrons. The van der Waals surface area contributed by atoms with Crippen LogP contribution in [0.2, 0.25) is 0 Å². The molecule has 2 aromatic carbocycles. The molecular formula is C20H28Cl2N2O. The summed E-state index contributed by atoms with van der Waals surface area (Å²) in [4.78, 5) is 2.60. The highest BCUT2D eigenvalue weighted by Gasteiger charge is 2.20. The summed E-state index contributed by atoms with van der Waals surface area (Å²) in [7, 11) is 1.74. The Morgan fingerprint density at radius 2 is 1.80 bits per heavy atom. The average molecular weight is 383 g/mol. The van der Waals surface area contributed by atoms with Gasteiger partial charge in [0.15, 0.2) is 0 Å². The minimum absolute atomic E-state index is 0. The quantitative estimate of drug-likeness (QED) is 0.806. The van der Waals surface area contributed by atoms with Gasteiger partial charge >= 0.3 is 0 Å². The smallest absolute Gasteiger partial charge is 0.119 e. The summed E-state index contributed by atoms with van der Waals surface area (Å²) >= 11 is 0. The van der Waals surface area contributed by atoms with Gasteiger partial charge in [-0.05, 0) is 67.1 Å². The van der Waals surface area contributed by atoms with Crippen molar-refractivity contribution in [3.05, 3.63) is 59.2 Å². The molecule has 1 atom stereocenters. The lowest BCUT2D eigenvalue weighted by molar-refractivity contribution is 0.219. The van der Waals surface area contributed by atoms with E-state index in [1.165, 1.54) is 16.7 Å². The highest BCUT2D eigenvalue weighted by atomic mass is 35.5. The fourth-order valence-corrected chi connectivity index (χ4v) is 3.38. The largest absolute Gasteiger partial charge is 0.497 e. The maximum absolute atomic E-state index is 5.76. The second-order valence-electron chi connectivity index (χ2n) is 6.47. The van der Waals surface area contributed by atoms with E-state index in [-0.39, 0.29) is 24.8 Å². The summed E-state index contributed by atoms with van der Waals surface area (Å²) < 4.78 is 5.37. The van der Waals surface area contributed by atoms with E-state index in [1.807, 2.05) is 12.1 Å². The molecule has 3 nitrogen and oxygen atoms in total. The predicted molar refractivity (Wildman–Crippen MR) is 110 cm³/mol. The van der Waals surface area contributed by atoms with Crippen LogP contribution >= 0.6 is 24.8 Å². The zero-order chi connectivity index (χ0) is 16.2. The number of ether oxygens (including phenoxy) is 1. The molecule has 1 aliphatic rings. The first-order valence-electron chi connectivity index (χ1n) is 8.40. The normalized spacial score (nSPS) is 16.8. The Kier molecular flexibility index (Phi) is 8.57.